The number of aromatic carboxylic acids is 1. The van der Waals surface area contributed by atoms with Crippen molar-refractivity contribution in [2.45, 2.75) is 38.3 Å². The van der Waals surface area contributed by atoms with Gasteiger partial charge in [-0.3, -0.25) is 9.88 Å². The highest BCUT2D eigenvalue weighted by Gasteiger charge is 2.41. The van der Waals surface area contributed by atoms with Crippen LogP contribution in [0.5, 0.6) is 0 Å². The summed E-state index contributed by atoms with van der Waals surface area (Å²) in [7, 11) is 2.11. The molecule has 2 aromatic rings. The summed E-state index contributed by atoms with van der Waals surface area (Å²) in [5, 5.41) is 10.6. The van der Waals surface area contributed by atoms with Gasteiger partial charge >= 0.3 is 5.97 Å². The molecule has 21 heavy (non-hydrogen) atoms. The van der Waals surface area contributed by atoms with Crippen LogP contribution in [0.15, 0.2) is 18.2 Å². The normalized spacial score (nSPS) is 24.3. The third-order valence-electron chi connectivity index (χ3n) is 5.07. The first-order chi connectivity index (χ1) is 10.1. The van der Waals surface area contributed by atoms with Gasteiger partial charge in [-0.25, -0.2) is 4.79 Å². The van der Waals surface area contributed by atoms with E-state index in [2.05, 4.69) is 11.9 Å². The average molecular weight is 282 g/mol. The smallest absolute Gasteiger partial charge is 0.336 e. The second-order valence-corrected chi connectivity index (χ2v) is 6.29. The van der Waals surface area contributed by atoms with Gasteiger partial charge < -0.3 is 5.11 Å². The number of hydrogen-bond acceptors (Lipinski definition) is 3. The van der Waals surface area contributed by atoms with Gasteiger partial charge in [-0.05, 0) is 38.9 Å². The minimum atomic E-state index is -0.831. The van der Waals surface area contributed by atoms with E-state index in [0.717, 1.165) is 47.0 Å². The van der Waals surface area contributed by atoms with E-state index in [0.29, 0.717) is 11.6 Å². The number of hydrogen-bond donors (Lipinski definition) is 1. The largest absolute Gasteiger partial charge is 0.478 e. The Labute approximate surface area is 123 Å². The van der Waals surface area contributed by atoms with E-state index in [1.807, 2.05) is 25.1 Å². The van der Waals surface area contributed by atoms with Crippen molar-refractivity contribution < 1.29 is 9.90 Å². The van der Waals surface area contributed by atoms with E-state index in [1.54, 1.807) is 0 Å². The lowest BCUT2D eigenvalue weighted by Gasteiger charge is -2.33. The monoisotopic (exact) mass is 282 g/mol. The van der Waals surface area contributed by atoms with Gasteiger partial charge in [0.1, 0.15) is 0 Å². The molecule has 0 spiro atoms. The van der Waals surface area contributed by atoms with Gasteiger partial charge in [0.2, 0.25) is 0 Å². The number of pyridine rings is 1. The number of carboxylic acids is 1. The first-order valence-corrected chi connectivity index (χ1v) is 7.44. The molecule has 4 rings (SSSR count). The molecule has 1 fully saturated rings. The third kappa shape index (κ3) is 1.72. The third-order valence-corrected chi connectivity index (χ3v) is 5.07. The maximum atomic E-state index is 11.9. The zero-order valence-electron chi connectivity index (χ0n) is 12.3. The predicted molar refractivity (Wildman–Crippen MR) is 80.7 cm³/mol. The lowest BCUT2D eigenvalue weighted by Crippen LogP contribution is -2.35. The number of carbonyl (C=O) groups is 1. The molecule has 2 aliphatic rings. The van der Waals surface area contributed by atoms with Crippen molar-refractivity contribution in [1.29, 1.82) is 0 Å². The Morgan fingerprint density at radius 1 is 1.38 bits per heavy atom. The second-order valence-electron chi connectivity index (χ2n) is 6.29. The Balaban J connectivity index is 2.09. The number of carboxylic acid groups (broad SMARTS) is 1. The molecule has 2 aliphatic heterocycles. The fourth-order valence-electron chi connectivity index (χ4n) is 4.02. The molecular weight excluding hydrogens is 264 g/mol. The van der Waals surface area contributed by atoms with Crippen molar-refractivity contribution in [2.24, 2.45) is 0 Å². The Morgan fingerprint density at radius 2 is 2.19 bits per heavy atom. The first-order valence-electron chi connectivity index (χ1n) is 7.44. The number of likely N-dealkylation sites (N-methyl/N-ethyl adjacent to an activating group) is 1. The molecule has 1 aromatic carbocycles. The van der Waals surface area contributed by atoms with Crippen molar-refractivity contribution in [3.8, 4) is 0 Å². The average Bonchev–Trinajstić information content (AvgIpc) is 2.68. The van der Waals surface area contributed by atoms with Gasteiger partial charge in [0.05, 0.1) is 11.1 Å². The number of rotatable bonds is 1. The first kappa shape index (κ1) is 12.8. The highest BCUT2D eigenvalue weighted by molar-refractivity contribution is 6.04. The van der Waals surface area contributed by atoms with Crippen LogP contribution < -0.4 is 0 Å². The topological polar surface area (TPSA) is 53.4 Å². The highest BCUT2D eigenvalue weighted by Crippen LogP contribution is 2.44. The van der Waals surface area contributed by atoms with E-state index in [1.165, 1.54) is 0 Å². The summed E-state index contributed by atoms with van der Waals surface area (Å²) in [4.78, 5) is 19.1. The van der Waals surface area contributed by atoms with Crippen molar-refractivity contribution in [3.05, 3.63) is 40.6 Å². The van der Waals surface area contributed by atoms with Crippen LogP contribution in [0.4, 0.5) is 0 Å². The van der Waals surface area contributed by atoms with Crippen LogP contribution in [0.3, 0.4) is 0 Å². The van der Waals surface area contributed by atoms with Gasteiger partial charge in [-0.15, -0.1) is 0 Å². The standard InChI is InChI=1S/C17H18N2O2/c1-9-3-5-12-11(7-9)15(17(20)21)16-13(18-12)8-10-4-6-14(16)19(10)2/h3,5,7,10,14H,4,6,8H2,1-2H3,(H,20,21). The van der Waals surface area contributed by atoms with Gasteiger partial charge in [0.15, 0.2) is 0 Å². The zero-order chi connectivity index (χ0) is 14.7. The number of aryl methyl sites for hydroxylation is 1. The molecule has 4 heteroatoms. The molecule has 0 radical (unpaired) electrons. The van der Waals surface area contributed by atoms with Crippen LogP contribution in [0, 0.1) is 6.92 Å². The van der Waals surface area contributed by atoms with E-state index in [-0.39, 0.29) is 6.04 Å². The second kappa shape index (κ2) is 4.28. The zero-order valence-corrected chi connectivity index (χ0v) is 12.3. The summed E-state index contributed by atoms with van der Waals surface area (Å²) in [6.07, 6.45) is 3.03. The van der Waals surface area contributed by atoms with Crippen LogP contribution >= 0.6 is 0 Å². The Kier molecular flexibility index (Phi) is 2.60. The minimum absolute atomic E-state index is 0.210. The lowest BCUT2D eigenvalue weighted by molar-refractivity contribution is 0.0694. The molecule has 2 unspecified atom stereocenters. The summed E-state index contributed by atoms with van der Waals surface area (Å²) in [6.45, 7) is 1.99. The lowest BCUT2D eigenvalue weighted by atomic mass is 9.90. The fourth-order valence-corrected chi connectivity index (χ4v) is 4.02. The molecule has 3 heterocycles. The van der Waals surface area contributed by atoms with E-state index >= 15 is 0 Å². The Hall–Kier alpha value is -1.94. The maximum Gasteiger partial charge on any atom is 0.336 e. The van der Waals surface area contributed by atoms with Crippen molar-refractivity contribution >= 4 is 16.9 Å². The van der Waals surface area contributed by atoms with Crippen molar-refractivity contribution in [3.63, 3.8) is 0 Å². The predicted octanol–water partition coefficient (Wildman–Crippen LogP) is 2.93. The number of benzene rings is 1. The highest BCUT2D eigenvalue weighted by atomic mass is 16.4. The van der Waals surface area contributed by atoms with E-state index in [9.17, 15) is 9.90 Å². The summed E-state index contributed by atoms with van der Waals surface area (Å²) in [6, 6.07) is 6.61. The van der Waals surface area contributed by atoms with Gasteiger partial charge in [-0.2, -0.15) is 0 Å². The van der Waals surface area contributed by atoms with Crippen LogP contribution in [0.25, 0.3) is 10.9 Å². The molecule has 1 N–H and O–H groups in total. The summed E-state index contributed by atoms with van der Waals surface area (Å²) in [5.41, 5.74) is 4.29. The van der Waals surface area contributed by atoms with Crippen LogP contribution in [0.1, 0.15) is 46.1 Å². The van der Waals surface area contributed by atoms with Gasteiger partial charge in [-0.1, -0.05) is 11.6 Å². The number of nitrogens with zero attached hydrogens (tertiary/aromatic N) is 2. The number of aromatic nitrogens is 1. The van der Waals surface area contributed by atoms with E-state index < -0.39 is 5.97 Å². The molecule has 108 valence electrons. The van der Waals surface area contributed by atoms with Crippen LogP contribution in [0.2, 0.25) is 0 Å². The van der Waals surface area contributed by atoms with Crippen LogP contribution in [-0.4, -0.2) is 34.0 Å². The summed E-state index contributed by atoms with van der Waals surface area (Å²) < 4.78 is 0. The van der Waals surface area contributed by atoms with Crippen molar-refractivity contribution in [1.82, 2.24) is 9.88 Å². The summed E-state index contributed by atoms with van der Waals surface area (Å²) in [5.74, 6) is -0.831. The molecule has 0 saturated carbocycles. The quantitative estimate of drug-likeness (QED) is 0.873. The summed E-state index contributed by atoms with van der Waals surface area (Å²) >= 11 is 0. The Morgan fingerprint density at radius 3 is 2.95 bits per heavy atom. The molecule has 0 aliphatic carbocycles. The minimum Gasteiger partial charge on any atom is -0.478 e. The molecule has 2 atom stereocenters. The van der Waals surface area contributed by atoms with Crippen LogP contribution in [-0.2, 0) is 6.42 Å². The Bertz CT molecular complexity index is 769. The SMILES string of the molecule is Cc1ccc2nc3c(c(C(=O)O)c2c1)C1CCC(C3)N1C. The molecule has 0 amide bonds. The molecule has 1 aromatic heterocycles. The molecular formula is C17H18N2O2. The molecule has 2 bridgehead atoms. The molecule has 1 saturated heterocycles. The fraction of sp³-hybridized carbons (Fsp3) is 0.412. The van der Waals surface area contributed by atoms with E-state index in [4.69, 9.17) is 4.98 Å². The maximum absolute atomic E-state index is 11.9. The number of fused-ring (bicyclic) bond motifs is 5. The van der Waals surface area contributed by atoms with Gasteiger partial charge in [0, 0.05) is 35.1 Å². The van der Waals surface area contributed by atoms with Crippen molar-refractivity contribution in [2.75, 3.05) is 7.05 Å². The van der Waals surface area contributed by atoms with Gasteiger partial charge in [0.25, 0.3) is 0 Å². The molecule has 4 nitrogen and oxygen atoms in total.